The zero-order valence-corrected chi connectivity index (χ0v) is 9.39. The SMILES string of the molecule is C=COCCCN1C(=O)c2ccccc2C1=O. The van der Waals surface area contributed by atoms with Crippen molar-refractivity contribution in [2.75, 3.05) is 13.2 Å². The molecular weight excluding hydrogens is 218 g/mol. The molecule has 1 heterocycles. The lowest BCUT2D eigenvalue weighted by molar-refractivity contribution is 0.0643. The second kappa shape index (κ2) is 4.82. The molecule has 0 spiro atoms. The van der Waals surface area contributed by atoms with Gasteiger partial charge in [-0.2, -0.15) is 0 Å². The summed E-state index contributed by atoms with van der Waals surface area (Å²) in [6, 6.07) is 6.87. The minimum atomic E-state index is -0.218. The summed E-state index contributed by atoms with van der Waals surface area (Å²) in [5.74, 6) is -0.437. The fourth-order valence-corrected chi connectivity index (χ4v) is 1.83. The molecule has 0 aliphatic carbocycles. The third-order valence-corrected chi connectivity index (χ3v) is 2.64. The molecule has 0 aromatic heterocycles. The highest BCUT2D eigenvalue weighted by molar-refractivity contribution is 6.21. The molecular formula is C13H13NO3. The molecule has 0 unspecified atom stereocenters. The number of ether oxygens (including phenoxy) is 1. The van der Waals surface area contributed by atoms with Gasteiger partial charge in [0.15, 0.2) is 0 Å². The maximum atomic E-state index is 11.9. The average molecular weight is 231 g/mol. The van der Waals surface area contributed by atoms with Crippen LogP contribution in [0.1, 0.15) is 27.1 Å². The minimum Gasteiger partial charge on any atom is -0.502 e. The van der Waals surface area contributed by atoms with E-state index in [0.717, 1.165) is 0 Å². The number of hydrogen-bond donors (Lipinski definition) is 0. The van der Waals surface area contributed by atoms with Crippen LogP contribution < -0.4 is 0 Å². The molecule has 4 heteroatoms. The highest BCUT2D eigenvalue weighted by Gasteiger charge is 2.34. The lowest BCUT2D eigenvalue weighted by atomic mass is 10.1. The Morgan fingerprint density at radius 1 is 1.18 bits per heavy atom. The van der Waals surface area contributed by atoms with Crippen molar-refractivity contribution in [1.29, 1.82) is 0 Å². The molecule has 17 heavy (non-hydrogen) atoms. The second-order valence-corrected chi connectivity index (χ2v) is 3.70. The number of carbonyl (C=O) groups excluding carboxylic acids is 2. The van der Waals surface area contributed by atoms with Gasteiger partial charge >= 0.3 is 0 Å². The van der Waals surface area contributed by atoms with Crippen molar-refractivity contribution in [2.24, 2.45) is 0 Å². The first-order valence-corrected chi connectivity index (χ1v) is 5.43. The Balaban J connectivity index is 2.05. The molecule has 2 rings (SSSR count). The molecule has 0 saturated heterocycles. The van der Waals surface area contributed by atoms with E-state index < -0.39 is 0 Å². The zero-order chi connectivity index (χ0) is 12.3. The molecule has 0 radical (unpaired) electrons. The first-order chi connectivity index (χ1) is 8.25. The van der Waals surface area contributed by atoms with Gasteiger partial charge in [0.05, 0.1) is 24.0 Å². The Morgan fingerprint density at radius 3 is 2.29 bits per heavy atom. The van der Waals surface area contributed by atoms with E-state index in [1.54, 1.807) is 24.3 Å². The topological polar surface area (TPSA) is 46.6 Å². The standard InChI is InChI=1S/C13H13NO3/c1-2-17-9-5-8-14-12(15)10-6-3-4-7-11(10)13(14)16/h2-4,6-7H,1,5,8-9H2. The minimum absolute atomic E-state index is 0.218. The van der Waals surface area contributed by atoms with Crippen LogP contribution in [0.15, 0.2) is 37.1 Å². The third-order valence-electron chi connectivity index (χ3n) is 2.64. The molecule has 1 aromatic carbocycles. The van der Waals surface area contributed by atoms with Crippen LogP contribution in [0, 0.1) is 0 Å². The van der Waals surface area contributed by atoms with Gasteiger partial charge in [-0.3, -0.25) is 14.5 Å². The first kappa shape index (κ1) is 11.4. The Hall–Kier alpha value is -2.10. The van der Waals surface area contributed by atoms with Crippen LogP contribution >= 0.6 is 0 Å². The van der Waals surface area contributed by atoms with Crippen LogP contribution in [0.25, 0.3) is 0 Å². The number of amides is 2. The monoisotopic (exact) mass is 231 g/mol. The van der Waals surface area contributed by atoms with E-state index in [1.807, 2.05) is 0 Å². The van der Waals surface area contributed by atoms with Crippen molar-refractivity contribution in [1.82, 2.24) is 4.90 Å². The fraction of sp³-hybridized carbons (Fsp3) is 0.231. The number of imide groups is 1. The second-order valence-electron chi connectivity index (χ2n) is 3.70. The van der Waals surface area contributed by atoms with Crippen LogP contribution in [0.2, 0.25) is 0 Å². The number of benzene rings is 1. The third kappa shape index (κ3) is 2.06. The summed E-state index contributed by atoms with van der Waals surface area (Å²) in [6.45, 7) is 4.25. The van der Waals surface area contributed by atoms with Crippen molar-refractivity contribution in [3.8, 4) is 0 Å². The van der Waals surface area contributed by atoms with E-state index in [0.29, 0.717) is 30.7 Å². The highest BCUT2D eigenvalue weighted by Crippen LogP contribution is 2.22. The highest BCUT2D eigenvalue weighted by atomic mass is 16.5. The molecule has 0 fully saturated rings. The Morgan fingerprint density at radius 2 is 1.76 bits per heavy atom. The van der Waals surface area contributed by atoms with Gasteiger partial charge in [0, 0.05) is 6.54 Å². The van der Waals surface area contributed by atoms with Gasteiger partial charge in [0.1, 0.15) is 0 Å². The Labute approximate surface area is 99.5 Å². The largest absolute Gasteiger partial charge is 0.502 e. The molecule has 0 N–H and O–H groups in total. The quantitative estimate of drug-likeness (QED) is 0.441. The smallest absolute Gasteiger partial charge is 0.261 e. The van der Waals surface area contributed by atoms with E-state index in [1.165, 1.54) is 11.2 Å². The summed E-state index contributed by atoms with van der Waals surface area (Å²) in [5, 5.41) is 0. The van der Waals surface area contributed by atoms with E-state index in [-0.39, 0.29) is 11.8 Å². The Bertz CT molecular complexity index is 432. The summed E-state index contributed by atoms with van der Waals surface area (Å²) in [6.07, 6.45) is 1.96. The lowest BCUT2D eigenvalue weighted by Crippen LogP contribution is -2.31. The zero-order valence-electron chi connectivity index (χ0n) is 9.39. The van der Waals surface area contributed by atoms with Gasteiger partial charge in [-0.1, -0.05) is 18.7 Å². The number of hydrogen-bond acceptors (Lipinski definition) is 3. The van der Waals surface area contributed by atoms with Gasteiger partial charge in [-0.15, -0.1) is 0 Å². The van der Waals surface area contributed by atoms with Gasteiger partial charge in [0.2, 0.25) is 0 Å². The van der Waals surface area contributed by atoms with E-state index in [4.69, 9.17) is 4.74 Å². The summed E-state index contributed by atoms with van der Waals surface area (Å²) < 4.78 is 4.96. The Kier molecular flexibility index (Phi) is 3.23. The number of fused-ring (bicyclic) bond motifs is 1. The van der Waals surface area contributed by atoms with Crippen LogP contribution in [0.4, 0.5) is 0 Å². The molecule has 0 bridgehead atoms. The van der Waals surface area contributed by atoms with Crippen molar-refractivity contribution in [2.45, 2.75) is 6.42 Å². The lowest BCUT2D eigenvalue weighted by Gasteiger charge is -2.12. The number of carbonyl (C=O) groups is 2. The van der Waals surface area contributed by atoms with Crippen molar-refractivity contribution < 1.29 is 14.3 Å². The molecule has 0 saturated carbocycles. The maximum absolute atomic E-state index is 11.9. The van der Waals surface area contributed by atoms with E-state index in [9.17, 15) is 9.59 Å². The molecule has 2 amide bonds. The summed E-state index contributed by atoms with van der Waals surface area (Å²) in [7, 11) is 0. The van der Waals surface area contributed by atoms with Crippen LogP contribution in [-0.4, -0.2) is 29.9 Å². The summed E-state index contributed by atoms with van der Waals surface area (Å²) in [4.78, 5) is 25.1. The van der Waals surface area contributed by atoms with E-state index in [2.05, 4.69) is 6.58 Å². The van der Waals surface area contributed by atoms with E-state index >= 15 is 0 Å². The van der Waals surface area contributed by atoms with Gasteiger partial charge in [0.25, 0.3) is 11.8 Å². The molecule has 1 aromatic rings. The normalized spacial score (nSPS) is 13.8. The van der Waals surface area contributed by atoms with Crippen LogP contribution in [0.3, 0.4) is 0 Å². The maximum Gasteiger partial charge on any atom is 0.261 e. The summed E-state index contributed by atoms with van der Waals surface area (Å²) >= 11 is 0. The van der Waals surface area contributed by atoms with Crippen molar-refractivity contribution in [3.63, 3.8) is 0 Å². The predicted molar refractivity (Wildman–Crippen MR) is 62.6 cm³/mol. The number of rotatable bonds is 5. The van der Waals surface area contributed by atoms with Crippen LogP contribution in [0.5, 0.6) is 0 Å². The van der Waals surface area contributed by atoms with Gasteiger partial charge in [-0.05, 0) is 18.6 Å². The molecule has 88 valence electrons. The molecule has 1 aliphatic rings. The molecule has 1 aliphatic heterocycles. The number of nitrogens with zero attached hydrogens (tertiary/aromatic N) is 1. The predicted octanol–water partition coefficient (Wildman–Crippen LogP) is 1.83. The average Bonchev–Trinajstić information content (AvgIpc) is 2.60. The van der Waals surface area contributed by atoms with Crippen LogP contribution in [-0.2, 0) is 4.74 Å². The molecule has 4 nitrogen and oxygen atoms in total. The first-order valence-electron chi connectivity index (χ1n) is 5.43. The summed E-state index contributed by atoms with van der Waals surface area (Å²) in [5.41, 5.74) is 0.976. The van der Waals surface area contributed by atoms with Crippen molar-refractivity contribution >= 4 is 11.8 Å². The van der Waals surface area contributed by atoms with Gasteiger partial charge in [-0.25, -0.2) is 0 Å². The van der Waals surface area contributed by atoms with Gasteiger partial charge < -0.3 is 4.74 Å². The van der Waals surface area contributed by atoms with Crippen molar-refractivity contribution in [3.05, 3.63) is 48.2 Å². The fourth-order valence-electron chi connectivity index (χ4n) is 1.83. The molecule has 0 atom stereocenters.